The molecular formula is C54H45N3O3. The van der Waals surface area contributed by atoms with Crippen molar-refractivity contribution in [3.63, 3.8) is 0 Å². The summed E-state index contributed by atoms with van der Waals surface area (Å²) in [5, 5.41) is 0. The van der Waals surface area contributed by atoms with Gasteiger partial charge >= 0.3 is 0 Å². The van der Waals surface area contributed by atoms with E-state index in [2.05, 4.69) is 77.9 Å². The number of carbonyl (C=O) groups is 3. The number of carbonyl (C=O) groups excluding carboxylic acids is 3. The van der Waals surface area contributed by atoms with E-state index in [1.54, 1.807) is 32.9 Å². The Kier molecular flexibility index (Phi) is 8.21. The lowest BCUT2D eigenvalue weighted by molar-refractivity contribution is 0.0997. The fourth-order valence-electron chi connectivity index (χ4n) is 10.0. The Morgan fingerprint density at radius 3 is 0.650 bits per heavy atom. The Labute approximate surface area is 351 Å². The van der Waals surface area contributed by atoms with Gasteiger partial charge in [-0.05, 0) is 88.0 Å². The summed E-state index contributed by atoms with van der Waals surface area (Å²) < 4.78 is 0. The molecule has 0 atom stereocenters. The van der Waals surface area contributed by atoms with Crippen LogP contribution < -0.4 is 14.7 Å². The van der Waals surface area contributed by atoms with Crippen LogP contribution in [0.2, 0.25) is 0 Å². The van der Waals surface area contributed by atoms with E-state index in [-0.39, 0.29) is 50.7 Å². The molecule has 0 saturated carbocycles. The van der Waals surface area contributed by atoms with Gasteiger partial charge in [0.15, 0.2) is 0 Å². The standard InChI is InChI=1S/C54H45N3O3/c1-52(2)37-19-7-13-25-43(37)55(44-26-14-8-20-38(44)52)49(58)34-31-35(50(59)56-45-27-15-9-21-39(45)53(3,4)40-22-10-16-28-46(40)56)33-36(32-34)51(60)57-47-29-17-11-23-41(47)54(5,6)42-24-12-18-30-48(42)57/h7-33H,1-6H3. The molecule has 0 N–H and O–H groups in total. The van der Waals surface area contributed by atoms with Crippen molar-refractivity contribution >= 4 is 51.8 Å². The molecule has 3 amide bonds. The lowest BCUT2D eigenvalue weighted by atomic mass is 9.73. The Bertz CT molecular complexity index is 2480. The second-order valence-electron chi connectivity index (χ2n) is 17.7. The van der Waals surface area contributed by atoms with Gasteiger partial charge in [0.2, 0.25) is 0 Å². The predicted octanol–water partition coefficient (Wildman–Crippen LogP) is 12.5. The minimum atomic E-state index is -0.380. The van der Waals surface area contributed by atoms with Crippen LogP contribution in [-0.4, -0.2) is 17.7 Å². The number of benzene rings is 7. The molecule has 7 aromatic carbocycles. The first-order chi connectivity index (χ1) is 28.8. The van der Waals surface area contributed by atoms with Crippen LogP contribution in [-0.2, 0) is 16.2 Å². The van der Waals surface area contributed by atoms with Crippen LogP contribution in [0.1, 0.15) is 106 Å². The molecule has 3 heterocycles. The molecule has 7 aromatic rings. The quantitative estimate of drug-likeness (QED) is 0.179. The number of rotatable bonds is 3. The third-order valence-corrected chi connectivity index (χ3v) is 13.2. The molecule has 6 nitrogen and oxygen atoms in total. The molecule has 294 valence electrons. The van der Waals surface area contributed by atoms with Crippen molar-refractivity contribution in [3.8, 4) is 0 Å². The lowest BCUT2D eigenvalue weighted by Crippen LogP contribution is -2.38. The molecule has 0 aliphatic carbocycles. The summed E-state index contributed by atoms with van der Waals surface area (Å²) in [4.78, 5) is 51.7. The highest BCUT2D eigenvalue weighted by Crippen LogP contribution is 2.52. The minimum absolute atomic E-state index is 0.228. The van der Waals surface area contributed by atoms with Gasteiger partial charge in [-0.15, -0.1) is 0 Å². The van der Waals surface area contributed by atoms with Gasteiger partial charge in [0.25, 0.3) is 17.7 Å². The fourth-order valence-corrected chi connectivity index (χ4v) is 10.0. The highest BCUT2D eigenvalue weighted by Gasteiger charge is 2.42. The third kappa shape index (κ3) is 5.29. The number of amides is 3. The number of nitrogens with zero attached hydrogens (tertiary/aromatic N) is 3. The number of anilines is 6. The number of fused-ring (bicyclic) bond motifs is 6. The zero-order valence-electron chi connectivity index (χ0n) is 34.7. The number of para-hydroxylation sites is 6. The molecule has 0 fully saturated rings. The molecule has 6 heteroatoms. The Hall–Kier alpha value is -7.05. The molecule has 0 saturated heterocycles. The van der Waals surface area contributed by atoms with Crippen LogP contribution in [0.25, 0.3) is 0 Å². The third-order valence-electron chi connectivity index (χ3n) is 13.2. The van der Waals surface area contributed by atoms with Crippen LogP contribution in [0, 0.1) is 0 Å². The van der Waals surface area contributed by atoms with E-state index in [0.29, 0.717) is 0 Å². The van der Waals surface area contributed by atoms with Crippen molar-refractivity contribution in [2.45, 2.75) is 57.8 Å². The van der Waals surface area contributed by atoms with Gasteiger partial charge in [-0.3, -0.25) is 29.1 Å². The SMILES string of the molecule is CC1(C)c2ccccc2N(C(=O)c2cc(C(=O)N3c4ccccc4C(C)(C)c4ccccc43)cc(C(=O)N3c4ccccc4C(C)(C)c4ccccc43)c2)c2ccccc21. The van der Waals surface area contributed by atoms with E-state index in [9.17, 15) is 0 Å². The lowest BCUT2D eigenvalue weighted by Gasteiger charge is -2.41. The number of hydrogen-bond donors (Lipinski definition) is 0. The van der Waals surface area contributed by atoms with Gasteiger partial charge in [0.1, 0.15) is 0 Å². The van der Waals surface area contributed by atoms with E-state index < -0.39 is 0 Å². The second kappa shape index (κ2) is 13.2. The molecular weight excluding hydrogens is 739 g/mol. The van der Waals surface area contributed by atoms with Crippen LogP contribution in [0.3, 0.4) is 0 Å². The second-order valence-corrected chi connectivity index (χ2v) is 17.7. The largest absolute Gasteiger partial charge is 0.276 e. The molecule has 60 heavy (non-hydrogen) atoms. The van der Waals surface area contributed by atoms with Crippen molar-refractivity contribution in [2.75, 3.05) is 14.7 Å². The molecule has 0 radical (unpaired) electrons. The predicted molar refractivity (Wildman–Crippen MR) is 241 cm³/mol. The van der Waals surface area contributed by atoms with Crippen molar-refractivity contribution in [1.29, 1.82) is 0 Å². The van der Waals surface area contributed by atoms with Crippen molar-refractivity contribution in [2.24, 2.45) is 0 Å². The highest BCUT2D eigenvalue weighted by molar-refractivity contribution is 6.20. The van der Waals surface area contributed by atoms with Gasteiger partial charge in [0.05, 0.1) is 34.1 Å². The van der Waals surface area contributed by atoms with Crippen LogP contribution in [0.5, 0.6) is 0 Å². The van der Waals surface area contributed by atoms with Crippen molar-refractivity contribution in [3.05, 3.63) is 214 Å². The maximum Gasteiger partial charge on any atom is 0.262 e. The average Bonchev–Trinajstić information content (AvgIpc) is 3.26. The van der Waals surface area contributed by atoms with E-state index in [4.69, 9.17) is 0 Å². The first-order valence-electron chi connectivity index (χ1n) is 20.6. The van der Waals surface area contributed by atoms with E-state index >= 15 is 14.4 Å². The van der Waals surface area contributed by atoms with Crippen LogP contribution in [0.15, 0.2) is 164 Å². The zero-order chi connectivity index (χ0) is 41.7. The molecule has 0 unspecified atom stereocenters. The average molecular weight is 784 g/mol. The van der Waals surface area contributed by atoms with Gasteiger partial charge in [0, 0.05) is 32.9 Å². The molecule has 0 bridgehead atoms. The summed E-state index contributed by atoms with van der Waals surface area (Å²) in [5.74, 6) is -1.01. The van der Waals surface area contributed by atoms with Gasteiger partial charge in [-0.1, -0.05) is 151 Å². The monoisotopic (exact) mass is 783 g/mol. The van der Waals surface area contributed by atoms with E-state index in [0.717, 1.165) is 67.5 Å². The smallest absolute Gasteiger partial charge is 0.262 e. The summed E-state index contributed by atoms with van der Waals surface area (Å²) in [6.07, 6.45) is 0. The first-order valence-corrected chi connectivity index (χ1v) is 20.6. The Balaban J connectivity index is 1.19. The van der Waals surface area contributed by atoms with E-state index in [1.165, 1.54) is 0 Å². The maximum absolute atomic E-state index is 15.5. The summed E-state index contributed by atoms with van der Waals surface area (Å²) in [6.45, 7) is 13.0. The minimum Gasteiger partial charge on any atom is -0.276 e. The van der Waals surface area contributed by atoms with Crippen molar-refractivity contribution in [1.82, 2.24) is 0 Å². The fraction of sp³-hybridized carbons (Fsp3) is 0.167. The summed E-state index contributed by atoms with van der Waals surface area (Å²) in [7, 11) is 0. The Morgan fingerprint density at radius 1 is 0.300 bits per heavy atom. The van der Waals surface area contributed by atoms with Crippen molar-refractivity contribution < 1.29 is 14.4 Å². The molecule has 0 aromatic heterocycles. The molecule has 3 aliphatic heterocycles. The number of hydrogen-bond acceptors (Lipinski definition) is 3. The van der Waals surface area contributed by atoms with E-state index in [1.807, 2.05) is 109 Å². The summed E-state index contributed by atoms with van der Waals surface area (Å²) in [5.41, 5.74) is 10.2. The highest BCUT2D eigenvalue weighted by atomic mass is 16.2. The van der Waals surface area contributed by atoms with Gasteiger partial charge < -0.3 is 0 Å². The Morgan fingerprint density at radius 2 is 0.467 bits per heavy atom. The normalized spacial score (nSPS) is 16.0. The first kappa shape index (κ1) is 37.2. The van der Waals surface area contributed by atoms with Crippen LogP contribution >= 0.6 is 0 Å². The summed E-state index contributed by atoms with van der Waals surface area (Å²) in [6, 6.07) is 52.9. The van der Waals surface area contributed by atoms with Gasteiger partial charge in [-0.2, -0.15) is 0 Å². The molecule has 3 aliphatic rings. The molecule has 0 spiro atoms. The molecule has 10 rings (SSSR count). The zero-order valence-corrected chi connectivity index (χ0v) is 34.7. The van der Waals surface area contributed by atoms with Gasteiger partial charge in [-0.25, -0.2) is 0 Å². The topological polar surface area (TPSA) is 60.9 Å². The van der Waals surface area contributed by atoms with Crippen LogP contribution in [0.4, 0.5) is 34.1 Å². The maximum atomic E-state index is 15.5. The summed E-state index contributed by atoms with van der Waals surface area (Å²) >= 11 is 0.